The lowest BCUT2D eigenvalue weighted by molar-refractivity contribution is -0.141. The number of benzene rings is 1. The predicted molar refractivity (Wildman–Crippen MR) is 115 cm³/mol. The monoisotopic (exact) mass is 423 g/mol. The molecule has 3 heterocycles. The van der Waals surface area contributed by atoms with E-state index in [2.05, 4.69) is 6.07 Å². The maximum atomic E-state index is 13.1. The van der Waals surface area contributed by atoms with Crippen LogP contribution < -0.4 is 0 Å². The van der Waals surface area contributed by atoms with Gasteiger partial charge in [0.1, 0.15) is 5.01 Å². The smallest absolute Gasteiger partial charge is 0.233 e. The molecular formula is C23H25N3O3S. The highest BCUT2D eigenvalue weighted by Gasteiger charge is 2.47. The molecule has 0 N–H and O–H groups in total. The fourth-order valence-corrected chi connectivity index (χ4v) is 6.08. The third-order valence-corrected chi connectivity index (χ3v) is 7.70. The third kappa shape index (κ3) is 3.35. The molecule has 1 aromatic carbocycles. The van der Waals surface area contributed by atoms with E-state index in [0.29, 0.717) is 19.4 Å². The summed E-state index contributed by atoms with van der Waals surface area (Å²) in [4.78, 5) is 46.5. The highest BCUT2D eigenvalue weighted by molar-refractivity contribution is 7.18. The molecule has 3 aliphatic rings. The van der Waals surface area contributed by atoms with E-state index in [1.807, 2.05) is 35.3 Å². The van der Waals surface area contributed by atoms with Crippen molar-refractivity contribution in [3.63, 3.8) is 0 Å². The van der Waals surface area contributed by atoms with Crippen molar-refractivity contribution >= 4 is 39.3 Å². The Morgan fingerprint density at radius 3 is 2.53 bits per heavy atom. The minimum Gasteiger partial charge on any atom is -0.333 e. The van der Waals surface area contributed by atoms with Gasteiger partial charge < -0.3 is 4.90 Å². The van der Waals surface area contributed by atoms with E-state index in [0.717, 1.165) is 34.5 Å². The van der Waals surface area contributed by atoms with Crippen LogP contribution in [0.5, 0.6) is 0 Å². The number of amides is 3. The van der Waals surface area contributed by atoms with Crippen molar-refractivity contribution in [2.24, 2.45) is 11.8 Å². The average molecular weight is 424 g/mol. The highest BCUT2D eigenvalue weighted by atomic mass is 32.1. The summed E-state index contributed by atoms with van der Waals surface area (Å²) in [5.74, 6) is -0.675. The van der Waals surface area contributed by atoms with Crippen molar-refractivity contribution in [3.05, 3.63) is 41.4 Å². The molecule has 3 amide bonds. The van der Waals surface area contributed by atoms with Crippen molar-refractivity contribution in [1.82, 2.24) is 14.8 Å². The minimum absolute atomic E-state index is 0.00699. The van der Waals surface area contributed by atoms with Crippen LogP contribution in [0.2, 0.25) is 0 Å². The number of hydrogen-bond acceptors (Lipinski definition) is 5. The van der Waals surface area contributed by atoms with Crippen LogP contribution in [0.4, 0.5) is 0 Å². The van der Waals surface area contributed by atoms with Gasteiger partial charge in [0.15, 0.2) is 0 Å². The Morgan fingerprint density at radius 2 is 1.80 bits per heavy atom. The van der Waals surface area contributed by atoms with E-state index >= 15 is 0 Å². The van der Waals surface area contributed by atoms with Crippen LogP contribution in [0.1, 0.15) is 49.6 Å². The Bertz CT molecular complexity index is 971. The molecular weight excluding hydrogens is 398 g/mol. The molecule has 0 spiro atoms. The zero-order valence-corrected chi connectivity index (χ0v) is 17.6. The predicted octanol–water partition coefficient (Wildman–Crippen LogP) is 3.69. The van der Waals surface area contributed by atoms with Crippen LogP contribution in [0, 0.1) is 11.8 Å². The highest BCUT2D eigenvalue weighted by Crippen LogP contribution is 2.37. The number of allylic oxidation sites excluding steroid dienone is 2. The Kier molecular flexibility index (Phi) is 5.15. The maximum Gasteiger partial charge on any atom is 0.233 e. The van der Waals surface area contributed by atoms with Crippen LogP contribution in [0.3, 0.4) is 0 Å². The van der Waals surface area contributed by atoms with E-state index in [1.54, 1.807) is 11.3 Å². The lowest BCUT2D eigenvalue weighted by atomic mass is 9.85. The number of fused-ring (bicyclic) bond motifs is 2. The van der Waals surface area contributed by atoms with Gasteiger partial charge in [0.2, 0.25) is 17.7 Å². The van der Waals surface area contributed by atoms with Crippen LogP contribution in [-0.4, -0.2) is 45.6 Å². The maximum absolute atomic E-state index is 13.1. The van der Waals surface area contributed by atoms with Gasteiger partial charge in [-0.15, -0.1) is 11.3 Å². The van der Waals surface area contributed by atoms with E-state index in [-0.39, 0.29) is 48.6 Å². The Balaban J connectivity index is 1.29. The second kappa shape index (κ2) is 7.95. The summed E-state index contributed by atoms with van der Waals surface area (Å²) in [6, 6.07) is 8.03. The van der Waals surface area contributed by atoms with Gasteiger partial charge in [-0.05, 0) is 44.2 Å². The standard InChI is InChI=1S/C23H25N3O3S/c27-20(12-14-26-22(28)15-7-1-2-8-16(15)23(26)29)25-13-6-5-10-18(25)21-24-17-9-3-4-11-19(17)30-21/h1-4,9,11,15-16,18H,5-8,10,12-14H2/t15-,16+,18-/m1/s1. The Hall–Kier alpha value is -2.54. The van der Waals surface area contributed by atoms with Gasteiger partial charge in [-0.1, -0.05) is 24.3 Å². The Morgan fingerprint density at radius 1 is 1.07 bits per heavy atom. The lowest BCUT2D eigenvalue weighted by Crippen LogP contribution is -2.41. The molecule has 5 rings (SSSR count). The van der Waals surface area contributed by atoms with Crippen LogP contribution >= 0.6 is 11.3 Å². The van der Waals surface area contributed by atoms with E-state index in [1.165, 1.54) is 4.90 Å². The molecule has 1 aliphatic carbocycles. The first-order valence-electron chi connectivity index (χ1n) is 10.8. The molecule has 2 saturated heterocycles. The quantitative estimate of drug-likeness (QED) is 0.555. The number of nitrogens with zero attached hydrogens (tertiary/aromatic N) is 3. The number of carbonyl (C=O) groups is 3. The second-order valence-corrected chi connectivity index (χ2v) is 9.41. The molecule has 2 fully saturated rings. The topological polar surface area (TPSA) is 70.6 Å². The van der Waals surface area contributed by atoms with Crippen molar-refractivity contribution in [2.75, 3.05) is 13.1 Å². The fraction of sp³-hybridized carbons (Fsp3) is 0.478. The molecule has 6 nitrogen and oxygen atoms in total. The fourth-order valence-electron chi connectivity index (χ4n) is 4.96. The van der Waals surface area contributed by atoms with E-state index in [9.17, 15) is 14.4 Å². The van der Waals surface area contributed by atoms with Crippen LogP contribution in [0.15, 0.2) is 36.4 Å². The summed E-state index contributed by atoms with van der Waals surface area (Å²) < 4.78 is 1.13. The van der Waals surface area contributed by atoms with Crippen molar-refractivity contribution in [2.45, 2.75) is 44.6 Å². The largest absolute Gasteiger partial charge is 0.333 e. The molecule has 30 heavy (non-hydrogen) atoms. The zero-order valence-electron chi connectivity index (χ0n) is 16.8. The normalized spacial score (nSPS) is 26.5. The number of para-hydroxylation sites is 1. The van der Waals surface area contributed by atoms with Gasteiger partial charge >= 0.3 is 0 Å². The first-order valence-corrected chi connectivity index (χ1v) is 11.6. The summed E-state index contributed by atoms with van der Waals surface area (Å²) >= 11 is 1.65. The van der Waals surface area contributed by atoms with Gasteiger partial charge in [-0.25, -0.2) is 4.98 Å². The number of imide groups is 1. The van der Waals surface area contributed by atoms with Gasteiger partial charge in [-0.3, -0.25) is 19.3 Å². The molecule has 0 bridgehead atoms. The summed E-state index contributed by atoms with van der Waals surface area (Å²) in [6.07, 6.45) is 8.37. The van der Waals surface area contributed by atoms with Gasteiger partial charge in [0.25, 0.3) is 0 Å². The van der Waals surface area contributed by atoms with Gasteiger partial charge in [0, 0.05) is 19.5 Å². The summed E-state index contributed by atoms with van der Waals surface area (Å²) in [5.41, 5.74) is 0.972. The third-order valence-electron chi connectivity index (χ3n) is 6.57. The number of rotatable bonds is 4. The number of piperidine rings is 1. The molecule has 3 atom stereocenters. The first-order chi connectivity index (χ1) is 14.6. The molecule has 0 radical (unpaired) electrons. The summed E-state index contributed by atoms with van der Waals surface area (Å²) in [6.45, 7) is 0.892. The van der Waals surface area contributed by atoms with E-state index < -0.39 is 0 Å². The van der Waals surface area contributed by atoms with Crippen molar-refractivity contribution in [3.8, 4) is 0 Å². The molecule has 0 saturated carbocycles. The second-order valence-electron chi connectivity index (χ2n) is 8.35. The molecule has 2 aliphatic heterocycles. The SMILES string of the molecule is O=C1[C@H]2CC=CC[C@H]2C(=O)N1CCC(=O)N1CCCC[C@@H]1c1nc2ccccc2s1. The van der Waals surface area contributed by atoms with Crippen molar-refractivity contribution < 1.29 is 14.4 Å². The summed E-state index contributed by atoms with van der Waals surface area (Å²) in [7, 11) is 0. The minimum atomic E-state index is -0.233. The first kappa shape index (κ1) is 19.4. The lowest BCUT2D eigenvalue weighted by Gasteiger charge is -2.35. The van der Waals surface area contributed by atoms with Crippen molar-refractivity contribution in [1.29, 1.82) is 0 Å². The average Bonchev–Trinajstić information content (AvgIpc) is 3.32. The number of aromatic nitrogens is 1. The Labute approximate surface area is 179 Å². The summed E-state index contributed by atoms with van der Waals surface area (Å²) in [5, 5.41) is 0.981. The number of thiazole rings is 1. The molecule has 0 unspecified atom stereocenters. The van der Waals surface area contributed by atoms with E-state index in [4.69, 9.17) is 4.98 Å². The zero-order chi connectivity index (χ0) is 20.7. The molecule has 7 heteroatoms. The number of hydrogen-bond donors (Lipinski definition) is 0. The number of carbonyl (C=O) groups excluding carboxylic acids is 3. The van der Waals surface area contributed by atoms with Gasteiger partial charge in [-0.2, -0.15) is 0 Å². The van der Waals surface area contributed by atoms with Gasteiger partial charge in [0.05, 0.1) is 28.1 Å². The molecule has 156 valence electrons. The van der Waals surface area contributed by atoms with Crippen LogP contribution in [-0.2, 0) is 14.4 Å². The number of likely N-dealkylation sites (tertiary alicyclic amines) is 2. The molecule has 1 aromatic heterocycles. The van der Waals surface area contributed by atoms with Crippen LogP contribution in [0.25, 0.3) is 10.2 Å². The molecule has 2 aromatic rings.